The number of benzene rings is 1. The van der Waals surface area contributed by atoms with Gasteiger partial charge in [-0.1, -0.05) is 29.5 Å². The summed E-state index contributed by atoms with van der Waals surface area (Å²) in [7, 11) is 0. The summed E-state index contributed by atoms with van der Waals surface area (Å²) >= 11 is 1.25. The number of hydrogen-bond donors (Lipinski definition) is 1. The Kier molecular flexibility index (Phi) is 6.03. The van der Waals surface area contributed by atoms with Gasteiger partial charge in [-0.2, -0.15) is 0 Å². The molecular formula is C22H24FN5OS. The molecule has 2 aromatic heterocycles. The Hall–Kier alpha value is -2.87. The average molecular weight is 426 g/mol. The van der Waals surface area contributed by atoms with E-state index in [1.807, 2.05) is 30.0 Å². The molecule has 1 aromatic carbocycles. The van der Waals surface area contributed by atoms with Gasteiger partial charge in [-0.05, 0) is 49.1 Å². The third kappa shape index (κ3) is 4.81. The summed E-state index contributed by atoms with van der Waals surface area (Å²) in [4.78, 5) is 19.1. The molecule has 1 saturated heterocycles. The van der Waals surface area contributed by atoms with Crippen LogP contribution < -0.4 is 5.73 Å². The summed E-state index contributed by atoms with van der Waals surface area (Å²) in [6.07, 6.45) is 2.51. The van der Waals surface area contributed by atoms with Crippen molar-refractivity contribution in [3.63, 3.8) is 0 Å². The fraction of sp³-hybridized carbons (Fsp3) is 0.364. The molecule has 0 atom stereocenters. The second-order valence-electron chi connectivity index (χ2n) is 7.68. The maximum absolute atomic E-state index is 14.0. The van der Waals surface area contributed by atoms with E-state index in [1.54, 1.807) is 6.07 Å². The molecule has 0 unspecified atom stereocenters. The van der Waals surface area contributed by atoms with Crippen molar-refractivity contribution >= 4 is 22.4 Å². The molecule has 1 aliphatic rings. The summed E-state index contributed by atoms with van der Waals surface area (Å²) in [6.45, 7) is 3.35. The number of likely N-dealkylation sites (tertiary alicyclic amines) is 1. The van der Waals surface area contributed by atoms with Crippen LogP contribution in [0.1, 0.15) is 46.3 Å². The highest BCUT2D eigenvalue weighted by molar-refractivity contribution is 7.15. The highest BCUT2D eigenvalue weighted by Crippen LogP contribution is 2.29. The molecule has 1 aliphatic heterocycles. The lowest BCUT2D eigenvalue weighted by Gasteiger charge is -2.32. The van der Waals surface area contributed by atoms with E-state index in [2.05, 4.69) is 16.3 Å². The molecule has 1 fully saturated rings. The zero-order valence-electron chi connectivity index (χ0n) is 16.8. The van der Waals surface area contributed by atoms with Gasteiger partial charge in [-0.15, -0.1) is 10.2 Å². The molecule has 4 rings (SSSR count). The van der Waals surface area contributed by atoms with Crippen molar-refractivity contribution in [2.45, 2.75) is 38.5 Å². The Morgan fingerprint density at radius 1 is 1.23 bits per heavy atom. The zero-order chi connectivity index (χ0) is 21.1. The molecule has 8 heteroatoms. The number of piperidine rings is 1. The van der Waals surface area contributed by atoms with Crippen LogP contribution in [0.15, 0.2) is 36.4 Å². The lowest BCUT2D eigenvalue weighted by molar-refractivity contribution is -0.131. The first-order chi connectivity index (χ1) is 14.5. The number of aryl methyl sites for hydroxylation is 1. The number of nitrogens with two attached hydrogens (primary N) is 1. The van der Waals surface area contributed by atoms with Crippen molar-refractivity contribution < 1.29 is 9.18 Å². The molecule has 6 nitrogen and oxygen atoms in total. The van der Waals surface area contributed by atoms with Gasteiger partial charge in [0.05, 0.1) is 6.42 Å². The van der Waals surface area contributed by atoms with E-state index in [9.17, 15) is 9.18 Å². The second kappa shape index (κ2) is 8.87. The first-order valence-corrected chi connectivity index (χ1v) is 10.9. The van der Waals surface area contributed by atoms with Crippen molar-refractivity contribution in [2.75, 3.05) is 18.8 Å². The standard InChI is InChI=1S/C22H24FN5OS/c1-14-10-15(11-17-4-2-3-5-18(17)23)12-19(25-14)16-6-8-28(9-7-16)21(29)13-20-26-27-22(24)30-20/h2-5,10,12,16H,6-9,11,13H2,1H3,(H2,24,27). The number of rotatable bonds is 5. The quantitative estimate of drug-likeness (QED) is 0.676. The van der Waals surface area contributed by atoms with Gasteiger partial charge in [0.15, 0.2) is 0 Å². The van der Waals surface area contributed by atoms with Crippen molar-refractivity contribution in [3.05, 3.63) is 69.7 Å². The second-order valence-corrected chi connectivity index (χ2v) is 8.77. The number of aromatic nitrogens is 3. The van der Waals surface area contributed by atoms with Gasteiger partial charge >= 0.3 is 0 Å². The maximum Gasteiger partial charge on any atom is 0.229 e. The number of carbonyl (C=O) groups is 1. The van der Waals surface area contributed by atoms with Crippen LogP contribution in [0.5, 0.6) is 0 Å². The SMILES string of the molecule is Cc1cc(Cc2ccccc2F)cc(C2CCN(C(=O)Cc3nnc(N)s3)CC2)n1. The average Bonchev–Trinajstić information content (AvgIpc) is 3.14. The summed E-state index contributed by atoms with van der Waals surface area (Å²) in [5, 5.41) is 8.73. The van der Waals surface area contributed by atoms with Crippen LogP contribution in [0.25, 0.3) is 0 Å². The molecule has 2 N–H and O–H groups in total. The van der Waals surface area contributed by atoms with E-state index in [1.165, 1.54) is 17.4 Å². The van der Waals surface area contributed by atoms with E-state index in [0.29, 0.717) is 41.1 Å². The summed E-state index contributed by atoms with van der Waals surface area (Å²) in [5.41, 5.74) is 9.31. The van der Waals surface area contributed by atoms with E-state index in [-0.39, 0.29) is 18.1 Å². The summed E-state index contributed by atoms with van der Waals surface area (Å²) in [5.74, 6) is 0.171. The van der Waals surface area contributed by atoms with Crippen molar-refractivity contribution in [1.82, 2.24) is 20.1 Å². The molecule has 0 radical (unpaired) electrons. The van der Waals surface area contributed by atoms with Crippen molar-refractivity contribution in [3.8, 4) is 0 Å². The van der Waals surface area contributed by atoms with Gasteiger partial charge in [0, 0.05) is 36.8 Å². The normalized spacial score (nSPS) is 14.8. The van der Waals surface area contributed by atoms with Crippen molar-refractivity contribution in [1.29, 1.82) is 0 Å². The smallest absolute Gasteiger partial charge is 0.229 e. The Balaban J connectivity index is 1.40. The van der Waals surface area contributed by atoms with Crippen LogP contribution in [0, 0.1) is 12.7 Å². The molecule has 0 bridgehead atoms. The number of pyridine rings is 1. The number of halogens is 1. The highest BCUT2D eigenvalue weighted by atomic mass is 32.1. The van der Waals surface area contributed by atoms with E-state index in [4.69, 9.17) is 10.7 Å². The maximum atomic E-state index is 14.0. The predicted octanol–water partition coefficient (Wildman–Crippen LogP) is 3.50. The van der Waals surface area contributed by atoms with E-state index < -0.39 is 0 Å². The summed E-state index contributed by atoms with van der Waals surface area (Å²) in [6, 6.07) is 11.0. The minimum absolute atomic E-state index is 0.0574. The van der Waals surface area contributed by atoms with Crippen LogP contribution in [-0.2, 0) is 17.6 Å². The minimum atomic E-state index is -0.183. The van der Waals surface area contributed by atoms with Crippen LogP contribution in [0.2, 0.25) is 0 Å². The van der Waals surface area contributed by atoms with Crippen LogP contribution >= 0.6 is 11.3 Å². The van der Waals surface area contributed by atoms with E-state index >= 15 is 0 Å². The fourth-order valence-electron chi connectivity index (χ4n) is 3.94. The van der Waals surface area contributed by atoms with Crippen LogP contribution in [0.3, 0.4) is 0 Å². The molecule has 3 aromatic rings. The Labute approximate surface area is 179 Å². The van der Waals surface area contributed by atoms with E-state index in [0.717, 1.165) is 29.8 Å². The molecule has 0 spiro atoms. The van der Waals surface area contributed by atoms with Gasteiger partial charge in [-0.3, -0.25) is 9.78 Å². The summed E-state index contributed by atoms with van der Waals surface area (Å²) < 4.78 is 14.0. The minimum Gasteiger partial charge on any atom is -0.374 e. The zero-order valence-corrected chi connectivity index (χ0v) is 17.7. The molecule has 1 amide bonds. The van der Waals surface area contributed by atoms with Gasteiger partial charge in [0.1, 0.15) is 10.8 Å². The van der Waals surface area contributed by atoms with Crippen LogP contribution in [-0.4, -0.2) is 39.1 Å². The van der Waals surface area contributed by atoms with Gasteiger partial charge in [-0.25, -0.2) is 4.39 Å². The molecule has 30 heavy (non-hydrogen) atoms. The van der Waals surface area contributed by atoms with Gasteiger partial charge in [0.2, 0.25) is 11.0 Å². The van der Waals surface area contributed by atoms with Crippen molar-refractivity contribution in [2.24, 2.45) is 0 Å². The van der Waals surface area contributed by atoms with Gasteiger partial charge in [0.25, 0.3) is 0 Å². The monoisotopic (exact) mass is 425 g/mol. The third-order valence-corrected chi connectivity index (χ3v) is 6.19. The molecule has 0 saturated carbocycles. The number of nitrogen functional groups attached to an aromatic ring is 1. The van der Waals surface area contributed by atoms with Gasteiger partial charge < -0.3 is 10.6 Å². The lowest BCUT2D eigenvalue weighted by Crippen LogP contribution is -2.39. The predicted molar refractivity (Wildman–Crippen MR) is 115 cm³/mol. The molecule has 3 heterocycles. The number of nitrogens with zero attached hydrogens (tertiary/aromatic N) is 4. The number of hydrogen-bond acceptors (Lipinski definition) is 6. The Morgan fingerprint density at radius 2 is 2.00 bits per heavy atom. The number of anilines is 1. The molecule has 0 aliphatic carbocycles. The molecule has 156 valence electrons. The first-order valence-electron chi connectivity index (χ1n) is 10.0. The first kappa shape index (κ1) is 20.4. The number of amides is 1. The fourth-order valence-corrected chi connectivity index (χ4v) is 4.55. The highest BCUT2D eigenvalue weighted by Gasteiger charge is 2.25. The Bertz CT molecular complexity index is 1050. The number of carbonyl (C=O) groups excluding carboxylic acids is 1. The molecular weight excluding hydrogens is 401 g/mol. The topological polar surface area (TPSA) is 85.0 Å². The Morgan fingerprint density at radius 3 is 2.70 bits per heavy atom. The lowest BCUT2D eigenvalue weighted by atomic mass is 9.91. The van der Waals surface area contributed by atoms with Crippen LogP contribution in [0.4, 0.5) is 9.52 Å². The largest absolute Gasteiger partial charge is 0.374 e. The third-order valence-electron chi connectivity index (χ3n) is 5.44.